The molecule has 1 aliphatic rings. The first-order valence-corrected chi connectivity index (χ1v) is 11.8. The Bertz CT molecular complexity index is 1380. The molecule has 1 aliphatic carbocycles. The van der Waals surface area contributed by atoms with Crippen LogP contribution in [0.2, 0.25) is 5.02 Å². The lowest BCUT2D eigenvalue weighted by molar-refractivity contribution is -0.140. The molecule has 0 spiro atoms. The molecular formula is C25H23ClF3N5O. The monoisotopic (exact) mass is 501 g/mol. The van der Waals surface area contributed by atoms with Gasteiger partial charge in [-0.05, 0) is 62.1 Å². The van der Waals surface area contributed by atoms with E-state index in [1.807, 2.05) is 28.8 Å². The van der Waals surface area contributed by atoms with Gasteiger partial charge in [-0.2, -0.15) is 13.2 Å². The molecule has 35 heavy (non-hydrogen) atoms. The van der Waals surface area contributed by atoms with Gasteiger partial charge in [-0.25, -0.2) is 9.97 Å². The lowest BCUT2D eigenvalue weighted by Crippen LogP contribution is -2.40. The first kappa shape index (κ1) is 23.4. The molecule has 182 valence electrons. The van der Waals surface area contributed by atoms with Gasteiger partial charge in [-0.15, -0.1) is 0 Å². The zero-order valence-corrected chi connectivity index (χ0v) is 19.4. The fourth-order valence-electron chi connectivity index (χ4n) is 4.62. The molecule has 2 N–H and O–H groups in total. The number of carbonyl (C=O) groups excluding carboxylic acids is 1. The van der Waals surface area contributed by atoms with Crippen molar-refractivity contribution in [1.82, 2.24) is 19.7 Å². The predicted molar refractivity (Wildman–Crippen MR) is 128 cm³/mol. The Kier molecular flexibility index (Phi) is 6.27. The van der Waals surface area contributed by atoms with Crippen LogP contribution in [0.4, 0.5) is 18.9 Å². The normalized spacial score (nSPS) is 18.6. The Morgan fingerprint density at radius 3 is 2.63 bits per heavy atom. The molecule has 0 radical (unpaired) electrons. The lowest BCUT2D eigenvalue weighted by Gasteiger charge is -2.30. The molecule has 5 rings (SSSR count). The Morgan fingerprint density at radius 2 is 1.86 bits per heavy atom. The van der Waals surface area contributed by atoms with Gasteiger partial charge < -0.3 is 15.0 Å². The minimum atomic E-state index is -4.55. The first-order valence-electron chi connectivity index (χ1n) is 11.4. The topological polar surface area (TPSA) is 71.3 Å². The fourth-order valence-corrected chi connectivity index (χ4v) is 4.80. The van der Waals surface area contributed by atoms with E-state index >= 15 is 0 Å². The minimum Gasteiger partial charge on any atom is -0.382 e. The summed E-state index contributed by atoms with van der Waals surface area (Å²) in [6.07, 6.45) is 2.15. The molecule has 0 aliphatic heterocycles. The van der Waals surface area contributed by atoms with E-state index in [1.165, 1.54) is 12.1 Å². The summed E-state index contributed by atoms with van der Waals surface area (Å²) in [4.78, 5) is 20.7. The van der Waals surface area contributed by atoms with Crippen LogP contribution in [0.3, 0.4) is 0 Å². The third-order valence-electron chi connectivity index (χ3n) is 6.35. The zero-order chi connectivity index (χ0) is 24.6. The van der Waals surface area contributed by atoms with Crippen LogP contribution in [0, 0.1) is 0 Å². The smallest absolute Gasteiger partial charge is 0.382 e. The summed E-state index contributed by atoms with van der Waals surface area (Å²) in [5.41, 5.74) is 1.27. The number of anilines is 1. The van der Waals surface area contributed by atoms with E-state index in [2.05, 4.69) is 20.6 Å². The summed E-state index contributed by atoms with van der Waals surface area (Å²) in [6, 6.07) is 11.4. The second-order valence-electron chi connectivity index (χ2n) is 8.83. The van der Waals surface area contributed by atoms with E-state index in [4.69, 9.17) is 11.6 Å². The molecule has 3 aromatic heterocycles. The number of hydrogen-bond donors (Lipinski definition) is 2. The van der Waals surface area contributed by atoms with Crippen LogP contribution >= 0.6 is 11.6 Å². The number of rotatable bonds is 5. The number of nitrogens with one attached hydrogen (secondary N) is 2. The van der Waals surface area contributed by atoms with E-state index in [-0.39, 0.29) is 29.9 Å². The average molecular weight is 502 g/mol. The SMILES string of the molecule is O=C(Cc1cnc2ccccn12)N[C@H]1CC[C@@H](Nc2cc(C(F)(F)F)nc3ccc(Cl)cc23)CC1. The molecular weight excluding hydrogens is 479 g/mol. The number of benzene rings is 1. The quantitative estimate of drug-likeness (QED) is 0.371. The maximum atomic E-state index is 13.4. The maximum Gasteiger partial charge on any atom is 0.433 e. The van der Waals surface area contributed by atoms with Gasteiger partial charge in [0.15, 0.2) is 0 Å². The van der Waals surface area contributed by atoms with Gasteiger partial charge in [-0.1, -0.05) is 17.7 Å². The van der Waals surface area contributed by atoms with Gasteiger partial charge in [-0.3, -0.25) is 4.79 Å². The molecule has 10 heteroatoms. The Labute approximate surface area is 204 Å². The van der Waals surface area contributed by atoms with Crippen molar-refractivity contribution in [2.45, 2.75) is 50.4 Å². The van der Waals surface area contributed by atoms with Crippen molar-refractivity contribution in [3.05, 3.63) is 71.3 Å². The van der Waals surface area contributed by atoms with Crippen molar-refractivity contribution in [3.8, 4) is 0 Å². The standard InChI is InChI=1S/C25H23ClF3N5O/c26-15-4-9-20-19(11-15)21(13-22(33-20)25(27,28)29)31-16-5-7-17(8-6-16)32-24(35)12-18-14-30-23-3-1-2-10-34(18)23/h1-4,9-11,13-14,16-17H,5-8,12H2,(H,31,33)(H,32,35)/t16-,17+. The molecule has 0 saturated heterocycles. The van der Waals surface area contributed by atoms with Crippen LogP contribution < -0.4 is 10.6 Å². The Hall–Kier alpha value is -3.33. The molecule has 4 aromatic rings. The van der Waals surface area contributed by atoms with Crippen LogP contribution in [-0.4, -0.2) is 32.4 Å². The molecule has 6 nitrogen and oxygen atoms in total. The predicted octanol–water partition coefficient (Wildman–Crippen LogP) is 5.64. The highest BCUT2D eigenvalue weighted by molar-refractivity contribution is 6.31. The number of imidazole rings is 1. The van der Waals surface area contributed by atoms with Crippen LogP contribution in [-0.2, 0) is 17.4 Å². The summed E-state index contributed by atoms with van der Waals surface area (Å²) in [6.45, 7) is 0. The number of halogens is 4. The molecule has 1 aromatic carbocycles. The molecule has 0 atom stereocenters. The number of amides is 1. The highest BCUT2D eigenvalue weighted by atomic mass is 35.5. The number of fused-ring (bicyclic) bond motifs is 2. The van der Waals surface area contributed by atoms with Crippen molar-refractivity contribution in [3.63, 3.8) is 0 Å². The largest absolute Gasteiger partial charge is 0.433 e. The molecule has 3 heterocycles. The Balaban J connectivity index is 1.22. The van der Waals surface area contributed by atoms with Gasteiger partial charge in [0.1, 0.15) is 11.3 Å². The number of nitrogens with zero attached hydrogens (tertiary/aromatic N) is 3. The summed E-state index contributed by atoms with van der Waals surface area (Å²) in [5, 5.41) is 7.34. The maximum absolute atomic E-state index is 13.4. The molecule has 1 saturated carbocycles. The zero-order valence-electron chi connectivity index (χ0n) is 18.6. The van der Waals surface area contributed by atoms with Crippen molar-refractivity contribution < 1.29 is 18.0 Å². The van der Waals surface area contributed by atoms with Gasteiger partial charge in [0, 0.05) is 40.6 Å². The number of pyridine rings is 2. The number of aromatic nitrogens is 3. The molecule has 0 bridgehead atoms. The second-order valence-corrected chi connectivity index (χ2v) is 9.27. The van der Waals surface area contributed by atoms with E-state index < -0.39 is 11.9 Å². The van der Waals surface area contributed by atoms with Crippen LogP contribution in [0.25, 0.3) is 16.6 Å². The van der Waals surface area contributed by atoms with Gasteiger partial charge in [0.25, 0.3) is 0 Å². The van der Waals surface area contributed by atoms with Crippen LogP contribution in [0.15, 0.2) is 54.9 Å². The third-order valence-corrected chi connectivity index (χ3v) is 6.58. The van der Waals surface area contributed by atoms with E-state index in [1.54, 1.807) is 12.3 Å². The van der Waals surface area contributed by atoms with Crippen molar-refractivity contribution in [1.29, 1.82) is 0 Å². The van der Waals surface area contributed by atoms with Crippen LogP contribution in [0.5, 0.6) is 0 Å². The van der Waals surface area contributed by atoms with Crippen molar-refractivity contribution in [2.24, 2.45) is 0 Å². The fraction of sp³-hybridized carbons (Fsp3) is 0.320. The summed E-state index contributed by atoms with van der Waals surface area (Å²) < 4.78 is 42.0. The highest BCUT2D eigenvalue weighted by Crippen LogP contribution is 2.35. The van der Waals surface area contributed by atoms with Crippen LogP contribution in [0.1, 0.15) is 37.1 Å². The second kappa shape index (κ2) is 9.37. The van der Waals surface area contributed by atoms with E-state index in [9.17, 15) is 18.0 Å². The minimum absolute atomic E-state index is 0.0207. The summed E-state index contributed by atoms with van der Waals surface area (Å²) >= 11 is 6.09. The van der Waals surface area contributed by atoms with E-state index in [0.717, 1.165) is 30.2 Å². The highest BCUT2D eigenvalue weighted by Gasteiger charge is 2.34. The van der Waals surface area contributed by atoms with E-state index in [0.29, 0.717) is 28.9 Å². The number of alkyl halides is 3. The Morgan fingerprint density at radius 1 is 1.09 bits per heavy atom. The number of carbonyl (C=O) groups is 1. The first-order chi connectivity index (χ1) is 16.8. The molecule has 1 fully saturated rings. The average Bonchev–Trinajstić information content (AvgIpc) is 3.22. The van der Waals surface area contributed by atoms with Gasteiger partial charge in [0.2, 0.25) is 5.91 Å². The molecule has 1 amide bonds. The summed E-state index contributed by atoms with van der Waals surface area (Å²) in [5.74, 6) is -0.0725. The van der Waals surface area contributed by atoms with Gasteiger partial charge >= 0.3 is 6.18 Å². The van der Waals surface area contributed by atoms with Crippen molar-refractivity contribution >= 4 is 39.7 Å². The third kappa shape index (κ3) is 5.19. The van der Waals surface area contributed by atoms with Gasteiger partial charge in [0.05, 0.1) is 17.6 Å². The molecule has 0 unspecified atom stereocenters. The lowest BCUT2D eigenvalue weighted by atomic mass is 9.90. The number of hydrogen-bond acceptors (Lipinski definition) is 4. The summed E-state index contributed by atoms with van der Waals surface area (Å²) in [7, 11) is 0. The van der Waals surface area contributed by atoms with Crippen molar-refractivity contribution in [2.75, 3.05) is 5.32 Å².